The van der Waals surface area contributed by atoms with Gasteiger partial charge in [-0.3, -0.25) is 9.36 Å². The number of benzene rings is 2. The predicted molar refractivity (Wildman–Crippen MR) is 121 cm³/mol. The molecule has 1 saturated heterocycles. The van der Waals surface area contributed by atoms with E-state index in [2.05, 4.69) is 4.98 Å². The average molecular weight is 456 g/mol. The largest absolute Gasteiger partial charge is 0.634 e. The molecule has 0 atom stereocenters. The topological polar surface area (TPSA) is 80.9 Å². The molecule has 4 aromatic rings. The number of ether oxygens (including phenoxy) is 2. The molecule has 5 rings (SSSR count). The maximum atomic E-state index is 13.2. The molecule has 0 amide bonds. The normalized spacial score (nSPS) is 18.0. The van der Waals surface area contributed by atoms with Crippen LogP contribution in [-0.2, 0) is 0 Å². The van der Waals surface area contributed by atoms with Crippen molar-refractivity contribution < 1.29 is 14.5 Å². The number of nitrogens with zero attached hydrogens (tertiary/aromatic N) is 2. The van der Waals surface area contributed by atoms with Crippen molar-refractivity contribution in [1.29, 1.82) is 0 Å². The smallest absolute Gasteiger partial charge is 0.274 e. The number of hydrogen-bond acceptors (Lipinski definition) is 6. The number of hydrogen-bond donors (Lipinski definition) is 1. The van der Waals surface area contributed by atoms with Crippen LogP contribution in [0.4, 0.5) is 0 Å². The number of aromatic nitrogens is 2. The minimum Gasteiger partial charge on any atom is -0.634 e. The van der Waals surface area contributed by atoms with Crippen molar-refractivity contribution in [3.05, 3.63) is 75.3 Å². The second kappa shape index (κ2) is 7.97. The summed E-state index contributed by atoms with van der Waals surface area (Å²) in [6, 6.07) is 14.5. The van der Waals surface area contributed by atoms with Crippen LogP contribution in [0.25, 0.3) is 26.5 Å². The van der Waals surface area contributed by atoms with Gasteiger partial charge in [0.1, 0.15) is 22.8 Å². The van der Waals surface area contributed by atoms with Gasteiger partial charge in [0.15, 0.2) is 17.6 Å². The molecule has 1 fully saturated rings. The number of quaternary nitrogens is 1. The van der Waals surface area contributed by atoms with Crippen LogP contribution in [0, 0.1) is 5.21 Å². The maximum Gasteiger partial charge on any atom is 0.274 e. The Morgan fingerprint density at radius 3 is 2.65 bits per heavy atom. The van der Waals surface area contributed by atoms with Crippen LogP contribution >= 0.6 is 22.9 Å². The quantitative estimate of drug-likeness (QED) is 0.468. The van der Waals surface area contributed by atoms with Crippen molar-refractivity contribution in [2.24, 2.45) is 0 Å². The first-order valence-electron chi connectivity index (χ1n) is 9.67. The lowest BCUT2D eigenvalue weighted by Crippen LogP contribution is -3.17. The van der Waals surface area contributed by atoms with Crippen LogP contribution in [0.5, 0.6) is 11.5 Å². The Kier molecular flexibility index (Phi) is 5.15. The summed E-state index contributed by atoms with van der Waals surface area (Å²) in [7, 11) is 1.55. The highest BCUT2D eigenvalue weighted by Gasteiger charge is 2.28. The van der Waals surface area contributed by atoms with Crippen LogP contribution in [0.15, 0.2) is 59.5 Å². The van der Waals surface area contributed by atoms with Crippen molar-refractivity contribution >= 4 is 33.2 Å². The Morgan fingerprint density at radius 1 is 1.16 bits per heavy atom. The first-order valence-corrected chi connectivity index (χ1v) is 10.9. The number of methoxy groups -OCH3 is 1. The Hall–Kier alpha value is -2.91. The number of rotatable bonds is 5. The lowest BCUT2D eigenvalue weighted by molar-refractivity contribution is -0.899. The summed E-state index contributed by atoms with van der Waals surface area (Å²) in [5, 5.41) is 12.8. The molecular formula is C22H18ClN3O4S. The summed E-state index contributed by atoms with van der Waals surface area (Å²) in [5.41, 5.74) is 2.06. The van der Waals surface area contributed by atoms with Gasteiger partial charge in [-0.25, -0.2) is 4.98 Å². The zero-order valence-electron chi connectivity index (χ0n) is 16.5. The first-order chi connectivity index (χ1) is 15.0. The highest BCUT2D eigenvalue weighted by atomic mass is 35.5. The number of halogens is 1. The molecule has 31 heavy (non-hydrogen) atoms. The third-order valence-corrected chi connectivity index (χ3v) is 6.53. The van der Waals surface area contributed by atoms with E-state index in [1.807, 2.05) is 18.2 Å². The number of hydroxylamine groups is 2. The minimum atomic E-state index is -0.157. The zero-order chi connectivity index (χ0) is 21.5. The van der Waals surface area contributed by atoms with Crippen LogP contribution in [0.3, 0.4) is 0 Å². The molecule has 0 saturated carbocycles. The van der Waals surface area contributed by atoms with Gasteiger partial charge in [0.05, 0.1) is 18.3 Å². The van der Waals surface area contributed by atoms with Gasteiger partial charge in [-0.05, 0) is 30.3 Å². The predicted octanol–water partition coefficient (Wildman–Crippen LogP) is 2.92. The van der Waals surface area contributed by atoms with Crippen molar-refractivity contribution in [3.8, 4) is 27.8 Å². The molecule has 1 N–H and O–H groups in total. The van der Waals surface area contributed by atoms with E-state index in [1.165, 1.54) is 11.3 Å². The molecule has 0 bridgehead atoms. The summed E-state index contributed by atoms with van der Waals surface area (Å²) < 4.78 is 13.4. The average Bonchev–Trinajstić information content (AvgIpc) is 3.19. The van der Waals surface area contributed by atoms with Crippen LogP contribution in [0.1, 0.15) is 0 Å². The van der Waals surface area contributed by atoms with Gasteiger partial charge in [-0.2, -0.15) is 0 Å². The summed E-state index contributed by atoms with van der Waals surface area (Å²) in [6.07, 6.45) is 1.59. The molecule has 2 aromatic carbocycles. The van der Waals surface area contributed by atoms with Crippen molar-refractivity contribution in [1.82, 2.24) is 9.55 Å². The summed E-state index contributed by atoms with van der Waals surface area (Å²) >= 11 is 7.32. The molecule has 158 valence electrons. The molecule has 0 spiro atoms. The third kappa shape index (κ3) is 3.79. The van der Waals surface area contributed by atoms with Crippen LogP contribution < -0.4 is 20.1 Å². The fraction of sp³-hybridized carbons (Fsp3) is 0.182. The molecule has 7 nitrogen and oxygen atoms in total. The third-order valence-electron chi connectivity index (χ3n) is 5.17. The number of fused-ring (bicyclic) bond motifs is 1. The highest BCUT2D eigenvalue weighted by molar-refractivity contribution is 7.21. The molecular weight excluding hydrogens is 438 g/mol. The van der Waals surface area contributed by atoms with E-state index in [4.69, 9.17) is 21.1 Å². The molecule has 9 heteroatoms. The maximum absolute atomic E-state index is 13.2. The minimum absolute atomic E-state index is 0.116. The second-order valence-electron chi connectivity index (χ2n) is 7.25. The van der Waals surface area contributed by atoms with Crippen LogP contribution in [-0.4, -0.2) is 35.9 Å². The Labute approximate surface area is 186 Å². The molecule has 1 aliphatic rings. The SMILES string of the molecule is COc1cc(-n2ccc3nc(-c4ccc(Cl)cc4)sc3c2=O)ccc1OC1C[NH+]([O-])C1. The monoisotopic (exact) mass is 455 g/mol. The van der Waals surface area contributed by atoms with Gasteiger partial charge in [0, 0.05) is 22.8 Å². The molecule has 0 unspecified atom stereocenters. The van der Waals surface area contributed by atoms with Gasteiger partial charge in [0.25, 0.3) is 5.56 Å². The number of pyridine rings is 1. The second-order valence-corrected chi connectivity index (χ2v) is 8.69. The number of nitrogens with one attached hydrogen (secondary N) is 1. The number of thiazole rings is 1. The van der Waals surface area contributed by atoms with E-state index < -0.39 is 0 Å². The van der Waals surface area contributed by atoms with Gasteiger partial charge >= 0.3 is 0 Å². The van der Waals surface area contributed by atoms with E-state index >= 15 is 0 Å². The summed E-state index contributed by atoms with van der Waals surface area (Å²) in [6.45, 7) is 0.838. The highest BCUT2D eigenvalue weighted by Crippen LogP contribution is 2.32. The fourth-order valence-corrected chi connectivity index (χ4v) is 4.58. The Morgan fingerprint density at radius 2 is 1.94 bits per heavy atom. The zero-order valence-corrected chi connectivity index (χ0v) is 18.1. The lowest BCUT2D eigenvalue weighted by atomic mass is 10.2. The molecule has 1 aliphatic heterocycles. The standard InChI is InChI=1S/C22H18ClN3O4S/c1-29-19-10-15(6-7-18(19)30-16-11-25(28)12-16)26-9-8-17-20(22(26)27)31-21(24-17)13-2-4-14(23)5-3-13/h2-10,16,25H,11-12H2,1H3. The molecule has 0 radical (unpaired) electrons. The van der Waals surface area contributed by atoms with E-state index in [-0.39, 0.29) is 16.7 Å². The lowest BCUT2D eigenvalue weighted by Gasteiger charge is -2.37. The van der Waals surface area contributed by atoms with Gasteiger partial charge in [-0.15, -0.1) is 11.3 Å². The van der Waals surface area contributed by atoms with Gasteiger partial charge in [-0.1, -0.05) is 23.7 Å². The Bertz CT molecular complexity index is 1310. The van der Waals surface area contributed by atoms with E-state index in [0.29, 0.717) is 45.5 Å². The van der Waals surface area contributed by atoms with E-state index in [9.17, 15) is 10.0 Å². The fourth-order valence-electron chi connectivity index (χ4n) is 3.45. The summed E-state index contributed by atoms with van der Waals surface area (Å²) in [5.74, 6) is 1.07. The van der Waals surface area contributed by atoms with Crippen LogP contribution in [0.2, 0.25) is 5.02 Å². The molecule has 2 aromatic heterocycles. The van der Waals surface area contributed by atoms with E-state index in [0.717, 1.165) is 10.6 Å². The summed E-state index contributed by atoms with van der Waals surface area (Å²) in [4.78, 5) is 17.8. The van der Waals surface area contributed by atoms with Crippen molar-refractivity contribution in [2.45, 2.75) is 6.10 Å². The molecule has 3 heterocycles. The van der Waals surface area contributed by atoms with E-state index in [1.54, 1.807) is 48.2 Å². The first kappa shape index (κ1) is 20.0. The van der Waals surface area contributed by atoms with Crippen molar-refractivity contribution in [2.75, 3.05) is 20.2 Å². The van der Waals surface area contributed by atoms with Gasteiger partial charge < -0.3 is 19.7 Å². The van der Waals surface area contributed by atoms with Gasteiger partial charge in [0.2, 0.25) is 0 Å². The Balaban J connectivity index is 1.50. The molecule has 0 aliphatic carbocycles. The van der Waals surface area contributed by atoms with Crippen molar-refractivity contribution in [3.63, 3.8) is 0 Å².